The van der Waals surface area contributed by atoms with Crippen molar-refractivity contribution >= 4 is 17.6 Å². The molecular formula is C23H29N5. The third-order valence-corrected chi connectivity index (χ3v) is 4.68. The van der Waals surface area contributed by atoms with Gasteiger partial charge in [0.1, 0.15) is 5.82 Å². The van der Waals surface area contributed by atoms with Gasteiger partial charge in [-0.3, -0.25) is 0 Å². The molecule has 0 atom stereocenters. The standard InChI is InChI=1S/C23H29N5/c1-16-14-17(2)21(18(3)15-16)27-23-26-19(4)25-22(28-23)24-13-9-8-12-20-10-6-5-7-11-20/h5-7,10-11,14-15H,8-9,12-13H2,1-4H3,(H2,24,25,26,27,28). The fraction of sp³-hybridized carbons (Fsp3) is 0.348. The van der Waals surface area contributed by atoms with Gasteiger partial charge in [-0.15, -0.1) is 0 Å². The Labute approximate surface area is 167 Å². The van der Waals surface area contributed by atoms with E-state index >= 15 is 0 Å². The number of rotatable bonds is 8. The highest BCUT2D eigenvalue weighted by Gasteiger charge is 2.08. The molecule has 1 heterocycles. The maximum Gasteiger partial charge on any atom is 0.232 e. The zero-order valence-corrected chi connectivity index (χ0v) is 17.2. The van der Waals surface area contributed by atoms with E-state index in [-0.39, 0.29) is 0 Å². The van der Waals surface area contributed by atoms with E-state index in [1.807, 2.05) is 6.92 Å². The van der Waals surface area contributed by atoms with Crippen LogP contribution in [-0.2, 0) is 6.42 Å². The minimum Gasteiger partial charge on any atom is -0.354 e. The molecule has 0 aliphatic heterocycles. The van der Waals surface area contributed by atoms with Gasteiger partial charge in [-0.25, -0.2) is 0 Å². The summed E-state index contributed by atoms with van der Waals surface area (Å²) in [7, 11) is 0. The number of nitrogens with one attached hydrogen (secondary N) is 2. The highest BCUT2D eigenvalue weighted by atomic mass is 15.2. The van der Waals surface area contributed by atoms with E-state index in [0.717, 1.165) is 31.5 Å². The Morgan fingerprint density at radius 1 is 0.786 bits per heavy atom. The summed E-state index contributed by atoms with van der Waals surface area (Å²) in [5.41, 5.74) is 6.07. The molecule has 28 heavy (non-hydrogen) atoms. The van der Waals surface area contributed by atoms with E-state index in [4.69, 9.17) is 0 Å². The second kappa shape index (κ2) is 9.31. The Morgan fingerprint density at radius 2 is 1.46 bits per heavy atom. The van der Waals surface area contributed by atoms with Crippen LogP contribution >= 0.6 is 0 Å². The van der Waals surface area contributed by atoms with Crippen LogP contribution < -0.4 is 10.6 Å². The van der Waals surface area contributed by atoms with Crippen molar-refractivity contribution in [2.24, 2.45) is 0 Å². The summed E-state index contributed by atoms with van der Waals surface area (Å²) in [6, 6.07) is 14.9. The molecular weight excluding hydrogens is 346 g/mol. The van der Waals surface area contributed by atoms with Gasteiger partial charge in [-0.1, -0.05) is 48.0 Å². The van der Waals surface area contributed by atoms with Crippen molar-refractivity contribution < 1.29 is 0 Å². The molecule has 1 aromatic heterocycles. The highest BCUT2D eigenvalue weighted by molar-refractivity contribution is 5.64. The van der Waals surface area contributed by atoms with Crippen LogP contribution in [0.2, 0.25) is 0 Å². The number of aromatic nitrogens is 3. The monoisotopic (exact) mass is 375 g/mol. The minimum absolute atomic E-state index is 0.578. The molecule has 2 aromatic carbocycles. The van der Waals surface area contributed by atoms with Crippen LogP contribution in [0.3, 0.4) is 0 Å². The number of benzene rings is 2. The van der Waals surface area contributed by atoms with E-state index in [1.165, 1.54) is 22.3 Å². The molecule has 0 saturated heterocycles. The second-order valence-corrected chi connectivity index (χ2v) is 7.30. The maximum atomic E-state index is 4.54. The summed E-state index contributed by atoms with van der Waals surface area (Å²) in [6.07, 6.45) is 3.30. The molecule has 5 heteroatoms. The number of hydrogen-bond acceptors (Lipinski definition) is 5. The lowest BCUT2D eigenvalue weighted by atomic mass is 10.1. The summed E-state index contributed by atoms with van der Waals surface area (Å²) in [5.74, 6) is 1.90. The van der Waals surface area contributed by atoms with Gasteiger partial charge in [-0.05, 0) is 63.6 Å². The van der Waals surface area contributed by atoms with E-state index < -0.39 is 0 Å². The average molecular weight is 376 g/mol. The third-order valence-electron chi connectivity index (χ3n) is 4.68. The lowest BCUT2D eigenvalue weighted by molar-refractivity contribution is 0.757. The molecule has 3 aromatic rings. The Bertz CT molecular complexity index is 899. The molecule has 0 aliphatic rings. The summed E-state index contributed by atoms with van der Waals surface area (Å²) < 4.78 is 0. The molecule has 146 valence electrons. The predicted molar refractivity (Wildman–Crippen MR) is 116 cm³/mol. The summed E-state index contributed by atoms with van der Waals surface area (Å²) in [5, 5.41) is 6.70. The Balaban J connectivity index is 1.57. The van der Waals surface area contributed by atoms with E-state index in [0.29, 0.717) is 17.7 Å². The first-order chi connectivity index (χ1) is 13.5. The fourth-order valence-electron chi connectivity index (χ4n) is 3.40. The van der Waals surface area contributed by atoms with Gasteiger partial charge in [0.2, 0.25) is 11.9 Å². The van der Waals surface area contributed by atoms with Gasteiger partial charge in [0.15, 0.2) is 0 Å². The molecule has 5 nitrogen and oxygen atoms in total. The van der Waals surface area contributed by atoms with Gasteiger partial charge >= 0.3 is 0 Å². The van der Waals surface area contributed by atoms with Crippen LogP contribution in [0.5, 0.6) is 0 Å². The van der Waals surface area contributed by atoms with Gasteiger partial charge < -0.3 is 10.6 Å². The Morgan fingerprint density at radius 3 is 2.18 bits per heavy atom. The molecule has 0 radical (unpaired) electrons. The molecule has 0 saturated carbocycles. The predicted octanol–water partition coefficient (Wildman–Crippen LogP) is 5.28. The molecule has 3 rings (SSSR count). The van der Waals surface area contributed by atoms with Crippen LogP contribution in [0.15, 0.2) is 42.5 Å². The van der Waals surface area contributed by atoms with Crippen molar-refractivity contribution in [1.29, 1.82) is 0 Å². The van der Waals surface area contributed by atoms with E-state index in [1.54, 1.807) is 0 Å². The Kier molecular flexibility index (Phi) is 6.58. The summed E-state index contributed by atoms with van der Waals surface area (Å²) in [4.78, 5) is 13.4. The van der Waals surface area contributed by atoms with Crippen molar-refractivity contribution in [2.45, 2.75) is 47.0 Å². The molecule has 0 spiro atoms. The van der Waals surface area contributed by atoms with E-state index in [2.05, 4.69) is 88.8 Å². The molecule has 0 aliphatic carbocycles. The number of hydrogen-bond donors (Lipinski definition) is 2. The lowest BCUT2D eigenvalue weighted by Gasteiger charge is -2.14. The van der Waals surface area contributed by atoms with E-state index in [9.17, 15) is 0 Å². The van der Waals surface area contributed by atoms with Gasteiger partial charge in [0.25, 0.3) is 0 Å². The van der Waals surface area contributed by atoms with Crippen molar-refractivity contribution in [3.8, 4) is 0 Å². The molecule has 0 amide bonds. The second-order valence-electron chi connectivity index (χ2n) is 7.30. The maximum absolute atomic E-state index is 4.54. The zero-order chi connectivity index (χ0) is 19.9. The topological polar surface area (TPSA) is 62.7 Å². The quantitative estimate of drug-likeness (QED) is 0.524. The average Bonchev–Trinajstić information content (AvgIpc) is 2.65. The fourth-order valence-corrected chi connectivity index (χ4v) is 3.40. The SMILES string of the molecule is Cc1cc(C)c(Nc2nc(C)nc(NCCCCc3ccccc3)n2)c(C)c1. The lowest BCUT2D eigenvalue weighted by Crippen LogP contribution is -2.10. The molecule has 0 fully saturated rings. The first-order valence-corrected chi connectivity index (χ1v) is 9.86. The summed E-state index contributed by atoms with van der Waals surface area (Å²) >= 11 is 0. The molecule has 0 bridgehead atoms. The molecule has 2 N–H and O–H groups in total. The van der Waals surface area contributed by atoms with Crippen LogP contribution in [0.25, 0.3) is 0 Å². The number of unbranched alkanes of at least 4 members (excludes halogenated alkanes) is 1. The van der Waals surface area contributed by atoms with Gasteiger partial charge in [0.05, 0.1) is 0 Å². The minimum atomic E-state index is 0.578. The van der Waals surface area contributed by atoms with Gasteiger partial charge in [0, 0.05) is 12.2 Å². The van der Waals surface area contributed by atoms with Crippen LogP contribution in [0.1, 0.15) is 40.9 Å². The van der Waals surface area contributed by atoms with Crippen LogP contribution in [-0.4, -0.2) is 21.5 Å². The molecule has 0 unspecified atom stereocenters. The van der Waals surface area contributed by atoms with Crippen LogP contribution in [0.4, 0.5) is 17.6 Å². The van der Waals surface area contributed by atoms with Crippen molar-refractivity contribution in [1.82, 2.24) is 15.0 Å². The number of aryl methyl sites for hydroxylation is 5. The normalized spacial score (nSPS) is 10.7. The van der Waals surface area contributed by atoms with Crippen molar-refractivity contribution in [3.63, 3.8) is 0 Å². The first-order valence-electron chi connectivity index (χ1n) is 9.86. The Hall–Kier alpha value is -2.95. The van der Waals surface area contributed by atoms with Crippen molar-refractivity contribution in [2.75, 3.05) is 17.2 Å². The summed E-state index contributed by atoms with van der Waals surface area (Å²) in [6.45, 7) is 9.04. The zero-order valence-electron chi connectivity index (χ0n) is 17.2. The van der Waals surface area contributed by atoms with Crippen molar-refractivity contribution in [3.05, 3.63) is 70.5 Å². The first kappa shape index (κ1) is 19.8. The number of nitrogens with zero attached hydrogens (tertiary/aromatic N) is 3. The van der Waals surface area contributed by atoms with Gasteiger partial charge in [-0.2, -0.15) is 15.0 Å². The smallest absolute Gasteiger partial charge is 0.232 e. The largest absolute Gasteiger partial charge is 0.354 e. The number of anilines is 3. The highest BCUT2D eigenvalue weighted by Crippen LogP contribution is 2.24. The van der Waals surface area contributed by atoms with Crippen LogP contribution in [0, 0.1) is 27.7 Å². The third kappa shape index (κ3) is 5.52.